The molecule has 144 valence electrons. The van der Waals surface area contributed by atoms with Crippen LogP contribution in [0.5, 0.6) is 0 Å². The second-order valence-corrected chi connectivity index (χ2v) is 7.26. The van der Waals surface area contributed by atoms with E-state index in [1.165, 1.54) is 6.92 Å². The van der Waals surface area contributed by atoms with E-state index < -0.39 is 17.9 Å². The summed E-state index contributed by atoms with van der Waals surface area (Å²) in [5.74, 6) is -1.08. The third-order valence-corrected chi connectivity index (χ3v) is 4.30. The third-order valence-electron chi connectivity index (χ3n) is 3.54. The number of carbonyl (C=O) groups excluding carboxylic acids is 3. The number of amides is 2. The molecule has 1 atom stereocenters. The standard InChI is InChI=1S/C19H23N3O4S/c1-11(2)26-17(24)9-15(14-7-5-12(3)6-8-14)21-18(25)16-10-27-19(22-16)20-13(4)23/h5-8,10-11,15H,9H2,1-4H3,(H,21,25)(H,20,22,23). The fourth-order valence-electron chi connectivity index (χ4n) is 2.35. The molecule has 2 aromatic rings. The van der Waals surface area contributed by atoms with Gasteiger partial charge in [0.15, 0.2) is 5.13 Å². The number of esters is 1. The highest BCUT2D eigenvalue weighted by Crippen LogP contribution is 2.21. The predicted octanol–water partition coefficient (Wildman–Crippen LogP) is 3.22. The van der Waals surface area contributed by atoms with Crippen molar-refractivity contribution in [1.29, 1.82) is 0 Å². The van der Waals surface area contributed by atoms with Crippen LogP contribution >= 0.6 is 11.3 Å². The number of aryl methyl sites for hydroxylation is 1. The summed E-state index contributed by atoms with van der Waals surface area (Å²) in [6, 6.07) is 7.02. The van der Waals surface area contributed by atoms with Crippen molar-refractivity contribution in [2.45, 2.75) is 46.3 Å². The van der Waals surface area contributed by atoms with Gasteiger partial charge in [-0.1, -0.05) is 29.8 Å². The van der Waals surface area contributed by atoms with E-state index in [1.54, 1.807) is 19.2 Å². The smallest absolute Gasteiger partial charge is 0.308 e. The number of hydrogen-bond acceptors (Lipinski definition) is 6. The molecule has 0 aliphatic rings. The summed E-state index contributed by atoms with van der Waals surface area (Å²) in [6.45, 7) is 6.88. The summed E-state index contributed by atoms with van der Waals surface area (Å²) < 4.78 is 5.21. The number of rotatable bonds is 7. The third kappa shape index (κ3) is 6.49. The first kappa shape index (κ1) is 20.6. The largest absolute Gasteiger partial charge is 0.463 e. The maximum atomic E-state index is 12.6. The van der Waals surface area contributed by atoms with Gasteiger partial charge in [-0.15, -0.1) is 11.3 Å². The normalized spacial score (nSPS) is 11.7. The van der Waals surface area contributed by atoms with Gasteiger partial charge in [-0.25, -0.2) is 4.98 Å². The molecule has 0 saturated heterocycles. The molecule has 0 aliphatic heterocycles. The van der Waals surface area contributed by atoms with E-state index in [1.807, 2.05) is 31.2 Å². The number of ether oxygens (including phenoxy) is 1. The van der Waals surface area contributed by atoms with E-state index in [9.17, 15) is 14.4 Å². The minimum atomic E-state index is -0.546. The first-order valence-electron chi connectivity index (χ1n) is 8.54. The van der Waals surface area contributed by atoms with Gasteiger partial charge < -0.3 is 15.4 Å². The van der Waals surface area contributed by atoms with Crippen LogP contribution in [0, 0.1) is 6.92 Å². The SMILES string of the molecule is CC(=O)Nc1nc(C(=O)NC(CC(=O)OC(C)C)c2ccc(C)cc2)cs1. The monoisotopic (exact) mass is 389 g/mol. The van der Waals surface area contributed by atoms with Gasteiger partial charge in [0.25, 0.3) is 5.91 Å². The molecule has 0 aliphatic carbocycles. The summed E-state index contributed by atoms with van der Waals surface area (Å²) >= 11 is 1.16. The molecule has 1 aromatic heterocycles. The Bertz CT molecular complexity index is 815. The summed E-state index contributed by atoms with van der Waals surface area (Å²) in [4.78, 5) is 39.9. The van der Waals surface area contributed by atoms with Gasteiger partial charge in [-0.3, -0.25) is 14.4 Å². The van der Waals surface area contributed by atoms with Gasteiger partial charge in [0, 0.05) is 12.3 Å². The van der Waals surface area contributed by atoms with Crippen molar-refractivity contribution in [2.24, 2.45) is 0 Å². The number of aromatic nitrogens is 1. The van der Waals surface area contributed by atoms with E-state index >= 15 is 0 Å². The number of thiazole rings is 1. The number of hydrogen-bond donors (Lipinski definition) is 2. The van der Waals surface area contributed by atoms with Crippen LogP contribution in [0.4, 0.5) is 5.13 Å². The molecular weight excluding hydrogens is 366 g/mol. The molecular formula is C19H23N3O4S. The number of carbonyl (C=O) groups is 3. The van der Waals surface area contributed by atoms with Gasteiger partial charge in [0.2, 0.25) is 5.91 Å². The molecule has 0 fully saturated rings. The quantitative estimate of drug-likeness (QED) is 0.709. The molecule has 1 heterocycles. The zero-order chi connectivity index (χ0) is 20.0. The Morgan fingerprint density at radius 3 is 2.44 bits per heavy atom. The molecule has 1 unspecified atom stereocenters. The lowest BCUT2D eigenvalue weighted by Gasteiger charge is -2.19. The summed E-state index contributed by atoms with van der Waals surface area (Å²) in [5.41, 5.74) is 2.05. The van der Waals surface area contributed by atoms with Gasteiger partial charge in [-0.05, 0) is 26.3 Å². The predicted molar refractivity (Wildman–Crippen MR) is 104 cm³/mol. The summed E-state index contributed by atoms with van der Waals surface area (Å²) in [7, 11) is 0. The van der Waals surface area contributed by atoms with Crippen LogP contribution in [0.3, 0.4) is 0 Å². The van der Waals surface area contributed by atoms with Crippen molar-refractivity contribution in [2.75, 3.05) is 5.32 Å². The average molecular weight is 389 g/mol. The van der Waals surface area contributed by atoms with Crippen LogP contribution in [0.2, 0.25) is 0 Å². The van der Waals surface area contributed by atoms with Crippen molar-refractivity contribution in [3.05, 3.63) is 46.5 Å². The van der Waals surface area contributed by atoms with Crippen molar-refractivity contribution in [3.63, 3.8) is 0 Å². The van der Waals surface area contributed by atoms with E-state index in [2.05, 4.69) is 15.6 Å². The molecule has 0 bridgehead atoms. The second-order valence-electron chi connectivity index (χ2n) is 6.40. The lowest BCUT2D eigenvalue weighted by molar-refractivity contribution is -0.148. The van der Waals surface area contributed by atoms with Crippen LogP contribution in [0.25, 0.3) is 0 Å². The number of anilines is 1. The van der Waals surface area contributed by atoms with Gasteiger partial charge >= 0.3 is 5.97 Å². The molecule has 8 heteroatoms. The Labute approximate surface area is 162 Å². The van der Waals surface area contributed by atoms with E-state index in [-0.39, 0.29) is 24.1 Å². The second kappa shape index (κ2) is 9.27. The lowest BCUT2D eigenvalue weighted by atomic mass is 10.0. The summed E-state index contributed by atoms with van der Waals surface area (Å²) in [5, 5.41) is 7.27. The maximum Gasteiger partial charge on any atom is 0.308 e. The fraction of sp³-hybridized carbons (Fsp3) is 0.368. The van der Waals surface area contributed by atoms with Gasteiger partial charge in [0.05, 0.1) is 18.6 Å². The molecule has 0 spiro atoms. The molecule has 7 nitrogen and oxygen atoms in total. The lowest BCUT2D eigenvalue weighted by Crippen LogP contribution is -2.31. The Morgan fingerprint density at radius 2 is 1.85 bits per heavy atom. The topological polar surface area (TPSA) is 97.4 Å². The molecule has 2 N–H and O–H groups in total. The minimum absolute atomic E-state index is 0.00959. The van der Waals surface area contributed by atoms with Gasteiger partial charge in [0.1, 0.15) is 5.69 Å². The molecule has 1 aromatic carbocycles. The Kier molecular flexibility index (Phi) is 7.06. The molecule has 2 amide bonds. The van der Waals surface area contributed by atoms with Crippen molar-refractivity contribution in [3.8, 4) is 0 Å². The highest BCUT2D eigenvalue weighted by Gasteiger charge is 2.22. The van der Waals surface area contributed by atoms with Crippen molar-refractivity contribution < 1.29 is 19.1 Å². The zero-order valence-corrected chi connectivity index (χ0v) is 16.6. The first-order chi connectivity index (χ1) is 12.7. The molecule has 0 radical (unpaired) electrons. The van der Waals surface area contributed by atoms with Crippen LogP contribution < -0.4 is 10.6 Å². The number of nitrogens with one attached hydrogen (secondary N) is 2. The van der Waals surface area contributed by atoms with E-state index in [0.717, 1.165) is 22.5 Å². The zero-order valence-electron chi connectivity index (χ0n) is 15.7. The van der Waals surface area contributed by atoms with Crippen LogP contribution in [-0.4, -0.2) is 28.9 Å². The Balaban J connectivity index is 2.16. The van der Waals surface area contributed by atoms with E-state index in [0.29, 0.717) is 5.13 Å². The maximum absolute atomic E-state index is 12.6. The fourth-order valence-corrected chi connectivity index (χ4v) is 3.08. The molecule has 0 saturated carbocycles. The van der Waals surface area contributed by atoms with Crippen LogP contribution in [0.15, 0.2) is 29.6 Å². The van der Waals surface area contributed by atoms with Crippen molar-refractivity contribution in [1.82, 2.24) is 10.3 Å². The molecule has 2 rings (SSSR count). The number of benzene rings is 1. The first-order valence-corrected chi connectivity index (χ1v) is 9.42. The summed E-state index contributed by atoms with van der Waals surface area (Å²) in [6.07, 6.45) is -0.221. The Morgan fingerprint density at radius 1 is 1.19 bits per heavy atom. The average Bonchev–Trinajstić information content (AvgIpc) is 3.02. The van der Waals surface area contributed by atoms with Crippen LogP contribution in [-0.2, 0) is 14.3 Å². The highest BCUT2D eigenvalue weighted by molar-refractivity contribution is 7.14. The van der Waals surface area contributed by atoms with Gasteiger partial charge in [-0.2, -0.15) is 0 Å². The minimum Gasteiger partial charge on any atom is -0.463 e. The van der Waals surface area contributed by atoms with E-state index in [4.69, 9.17) is 4.74 Å². The number of nitrogens with zero attached hydrogens (tertiary/aromatic N) is 1. The van der Waals surface area contributed by atoms with Crippen LogP contribution in [0.1, 0.15) is 54.8 Å². The Hall–Kier alpha value is -2.74. The molecule has 27 heavy (non-hydrogen) atoms. The van der Waals surface area contributed by atoms with Crippen molar-refractivity contribution >= 4 is 34.3 Å². The highest BCUT2D eigenvalue weighted by atomic mass is 32.1.